The van der Waals surface area contributed by atoms with Gasteiger partial charge in [-0.1, -0.05) is 12.1 Å². The Kier molecular flexibility index (Phi) is 7.19. The van der Waals surface area contributed by atoms with E-state index in [-0.39, 0.29) is 30.1 Å². The molecule has 1 aliphatic heterocycles. The zero-order valence-electron chi connectivity index (χ0n) is 12.1. The summed E-state index contributed by atoms with van der Waals surface area (Å²) in [5.74, 6) is 0.118. The Balaban J connectivity index is 0.00000220. The number of halogens is 1. The van der Waals surface area contributed by atoms with Gasteiger partial charge >= 0.3 is 0 Å². The summed E-state index contributed by atoms with van der Waals surface area (Å²) >= 11 is 0. The predicted octanol–water partition coefficient (Wildman–Crippen LogP) is 1.08. The molecule has 2 rings (SSSR count). The monoisotopic (exact) mass is 311 g/mol. The van der Waals surface area contributed by atoms with Gasteiger partial charge in [-0.05, 0) is 37.6 Å². The predicted molar refractivity (Wildman–Crippen MR) is 84.5 cm³/mol. The second-order valence-corrected chi connectivity index (χ2v) is 4.96. The standard InChI is InChI=1S/C15H21N3O2.ClH/c1-2-17-14(19)12-5-3-11(4-6-12)9-18-15(20)13-7-8-16-10-13;/h3-6,13,16H,2,7-10H2,1H3,(H,17,19)(H,18,20);1H. The molecule has 0 saturated carbocycles. The average molecular weight is 312 g/mol. The molecule has 0 bridgehead atoms. The number of hydrogen-bond acceptors (Lipinski definition) is 3. The molecule has 3 N–H and O–H groups in total. The Hall–Kier alpha value is -1.59. The van der Waals surface area contributed by atoms with E-state index in [2.05, 4.69) is 16.0 Å². The molecule has 0 aliphatic carbocycles. The Bertz CT molecular complexity index is 470. The van der Waals surface area contributed by atoms with Gasteiger partial charge in [0.15, 0.2) is 0 Å². The summed E-state index contributed by atoms with van der Waals surface area (Å²) in [4.78, 5) is 23.5. The first-order valence-electron chi connectivity index (χ1n) is 7.06. The van der Waals surface area contributed by atoms with Gasteiger partial charge in [-0.15, -0.1) is 12.4 Å². The average Bonchev–Trinajstić information content (AvgIpc) is 3.00. The SMILES string of the molecule is CCNC(=O)c1ccc(CNC(=O)C2CCNC2)cc1.Cl. The number of hydrogen-bond donors (Lipinski definition) is 3. The Morgan fingerprint density at radius 1 is 1.24 bits per heavy atom. The van der Waals surface area contributed by atoms with Gasteiger partial charge in [0, 0.05) is 25.2 Å². The maximum Gasteiger partial charge on any atom is 0.251 e. The Labute approximate surface area is 131 Å². The largest absolute Gasteiger partial charge is 0.352 e. The lowest BCUT2D eigenvalue weighted by molar-refractivity contribution is -0.124. The highest BCUT2D eigenvalue weighted by molar-refractivity contribution is 5.94. The summed E-state index contributed by atoms with van der Waals surface area (Å²) in [5.41, 5.74) is 1.64. The number of amides is 2. The van der Waals surface area contributed by atoms with Crippen LogP contribution in [0.1, 0.15) is 29.3 Å². The molecule has 5 nitrogen and oxygen atoms in total. The highest BCUT2D eigenvalue weighted by Gasteiger charge is 2.21. The fourth-order valence-corrected chi connectivity index (χ4v) is 2.25. The number of carbonyl (C=O) groups is 2. The zero-order chi connectivity index (χ0) is 14.4. The van der Waals surface area contributed by atoms with E-state index < -0.39 is 0 Å². The third-order valence-corrected chi connectivity index (χ3v) is 3.45. The van der Waals surface area contributed by atoms with Crippen molar-refractivity contribution in [1.29, 1.82) is 0 Å². The molecule has 21 heavy (non-hydrogen) atoms. The highest BCUT2D eigenvalue weighted by atomic mass is 35.5. The van der Waals surface area contributed by atoms with Crippen LogP contribution in [0.15, 0.2) is 24.3 Å². The van der Waals surface area contributed by atoms with Crippen molar-refractivity contribution >= 4 is 24.2 Å². The second kappa shape index (κ2) is 8.64. The quantitative estimate of drug-likeness (QED) is 0.762. The molecule has 1 saturated heterocycles. The maximum absolute atomic E-state index is 11.9. The van der Waals surface area contributed by atoms with Crippen LogP contribution in [0.4, 0.5) is 0 Å². The topological polar surface area (TPSA) is 70.2 Å². The normalized spacial score (nSPS) is 16.9. The van der Waals surface area contributed by atoms with Gasteiger partial charge in [0.25, 0.3) is 5.91 Å². The van der Waals surface area contributed by atoms with Crippen LogP contribution >= 0.6 is 12.4 Å². The minimum atomic E-state index is -0.0693. The van der Waals surface area contributed by atoms with E-state index >= 15 is 0 Å². The van der Waals surface area contributed by atoms with Crippen LogP contribution in [0.25, 0.3) is 0 Å². The lowest BCUT2D eigenvalue weighted by Crippen LogP contribution is -2.31. The van der Waals surface area contributed by atoms with Gasteiger partial charge in [-0.3, -0.25) is 9.59 Å². The lowest BCUT2D eigenvalue weighted by Gasteiger charge is -2.10. The van der Waals surface area contributed by atoms with Crippen LogP contribution in [0.5, 0.6) is 0 Å². The first kappa shape index (κ1) is 17.5. The molecule has 1 unspecified atom stereocenters. The second-order valence-electron chi connectivity index (χ2n) is 4.96. The summed E-state index contributed by atoms with van der Waals surface area (Å²) in [7, 11) is 0. The molecule has 1 fully saturated rings. The van der Waals surface area contributed by atoms with Gasteiger partial charge in [0.1, 0.15) is 0 Å². The summed E-state index contributed by atoms with van der Waals surface area (Å²) in [6.07, 6.45) is 0.905. The van der Waals surface area contributed by atoms with Crippen LogP contribution in [0.3, 0.4) is 0 Å². The van der Waals surface area contributed by atoms with Gasteiger partial charge in [-0.2, -0.15) is 0 Å². The summed E-state index contributed by atoms with van der Waals surface area (Å²) in [6, 6.07) is 7.31. The van der Waals surface area contributed by atoms with E-state index in [1.807, 2.05) is 19.1 Å². The molecule has 1 aliphatic rings. The van der Waals surface area contributed by atoms with Crippen molar-refractivity contribution in [3.8, 4) is 0 Å². The van der Waals surface area contributed by atoms with Crippen molar-refractivity contribution in [2.75, 3.05) is 19.6 Å². The zero-order valence-corrected chi connectivity index (χ0v) is 13.0. The first-order chi connectivity index (χ1) is 9.70. The fraction of sp³-hybridized carbons (Fsp3) is 0.467. The third kappa shape index (κ3) is 5.02. The van der Waals surface area contributed by atoms with Gasteiger partial charge in [0.05, 0.1) is 5.92 Å². The number of carbonyl (C=O) groups excluding carboxylic acids is 2. The summed E-state index contributed by atoms with van der Waals surface area (Å²) in [5, 5.41) is 8.87. The van der Waals surface area contributed by atoms with E-state index in [9.17, 15) is 9.59 Å². The molecule has 2 amide bonds. The van der Waals surface area contributed by atoms with Crippen LogP contribution in [0.2, 0.25) is 0 Å². The molecule has 1 heterocycles. The fourth-order valence-electron chi connectivity index (χ4n) is 2.25. The minimum absolute atomic E-state index is 0. The molecule has 1 aromatic carbocycles. The van der Waals surface area contributed by atoms with E-state index in [1.54, 1.807) is 12.1 Å². The molecule has 1 aromatic rings. The van der Waals surface area contributed by atoms with Crippen molar-refractivity contribution in [2.24, 2.45) is 5.92 Å². The van der Waals surface area contributed by atoms with E-state index in [0.717, 1.165) is 25.1 Å². The van der Waals surface area contributed by atoms with Crippen molar-refractivity contribution in [2.45, 2.75) is 19.9 Å². The van der Waals surface area contributed by atoms with Gasteiger partial charge < -0.3 is 16.0 Å². The lowest BCUT2D eigenvalue weighted by atomic mass is 10.1. The molecule has 0 spiro atoms. The third-order valence-electron chi connectivity index (χ3n) is 3.45. The van der Waals surface area contributed by atoms with Crippen molar-refractivity contribution in [3.05, 3.63) is 35.4 Å². The Morgan fingerprint density at radius 2 is 1.95 bits per heavy atom. The molecule has 116 valence electrons. The summed E-state index contributed by atoms with van der Waals surface area (Å²) < 4.78 is 0. The number of rotatable bonds is 5. The van der Waals surface area contributed by atoms with Crippen molar-refractivity contribution < 1.29 is 9.59 Å². The maximum atomic E-state index is 11.9. The molecule has 0 radical (unpaired) electrons. The smallest absolute Gasteiger partial charge is 0.251 e. The van der Waals surface area contributed by atoms with Crippen LogP contribution < -0.4 is 16.0 Å². The molecular formula is C15H22ClN3O2. The minimum Gasteiger partial charge on any atom is -0.352 e. The first-order valence-corrected chi connectivity index (χ1v) is 7.06. The van der Waals surface area contributed by atoms with Crippen LogP contribution in [0, 0.1) is 5.92 Å². The molecular weight excluding hydrogens is 290 g/mol. The summed E-state index contributed by atoms with van der Waals surface area (Å²) in [6.45, 7) is 4.69. The molecule has 1 atom stereocenters. The van der Waals surface area contributed by atoms with Crippen molar-refractivity contribution in [1.82, 2.24) is 16.0 Å². The van der Waals surface area contributed by atoms with E-state index in [0.29, 0.717) is 18.7 Å². The number of benzene rings is 1. The highest BCUT2D eigenvalue weighted by Crippen LogP contribution is 2.08. The van der Waals surface area contributed by atoms with Gasteiger partial charge in [0.2, 0.25) is 5.91 Å². The molecule has 6 heteroatoms. The Morgan fingerprint density at radius 3 is 2.52 bits per heavy atom. The number of nitrogens with one attached hydrogen (secondary N) is 3. The van der Waals surface area contributed by atoms with Gasteiger partial charge in [-0.25, -0.2) is 0 Å². The van der Waals surface area contributed by atoms with Crippen molar-refractivity contribution in [3.63, 3.8) is 0 Å². The molecule has 0 aromatic heterocycles. The van der Waals surface area contributed by atoms with Crippen LogP contribution in [-0.2, 0) is 11.3 Å². The van der Waals surface area contributed by atoms with E-state index in [4.69, 9.17) is 0 Å². The van der Waals surface area contributed by atoms with Crippen LogP contribution in [-0.4, -0.2) is 31.4 Å². The van der Waals surface area contributed by atoms with E-state index in [1.165, 1.54) is 0 Å².